The van der Waals surface area contributed by atoms with Crippen molar-refractivity contribution in [2.45, 2.75) is 25.9 Å². The summed E-state index contributed by atoms with van der Waals surface area (Å²) >= 11 is 0. The molecule has 0 bridgehead atoms. The molecule has 1 aliphatic heterocycles. The molecule has 1 heterocycles. The second-order valence-corrected chi connectivity index (χ2v) is 2.63. The Labute approximate surface area is 62.8 Å². The van der Waals surface area contributed by atoms with Crippen LogP contribution in [-0.4, -0.2) is 25.2 Å². The highest BCUT2D eigenvalue weighted by Gasteiger charge is 2.11. The van der Waals surface area contributed by atoms with Crippen LogP contribution >= 0.6 is 12.4 Å². The molecule has 0 aromatic rings. The minimum absolute atomic E-state index is 0. The Morgan fingerprint density at radius 2 is 1.56 bits per heavy atom. The Morgan fingerprint density at radius 1 is 1.11 bits per heavy atom. The van der Waals surface area contributed by atoms with Gasteiger partial charge in [0.15, 0.2) is 0 Å². The molecule has 2 nitrogen and oxygen atoms in total. The Bertz CT molecular complexity index is 69.5. The van der Waals surface area contributed by atoms with Crippen molar-refractivity contribution in [1.29, 1.82) is 0 Å². The molecule has 0 aromatic heterocycles. The van der Waals surface area contributed by atoms with Crippen molar-refractivity contribution in [3.05, 3.63) is 0 Å². The molecule has 0 aromatic carbocycles. The molecule has 2 atom stereocenters. The minimum Gasteiger partial charge on any atom is -0.314 e. The molecule has 2 unspecified atom stereocenters. The van der Waals surface area contributed by atoms with Gasteiger partial charge in [0.2, 0.25) is 0 Å². The van der Waals surface area contributed by atoms with Gasteiger partial charge in [-0.25, -0.2) is 0 Å². The predicted octanol–water partition coefficient (Wildman–Crippen LogP) is 0.378. The van der Waals surface area contributed by atoms with Crippen molar-refractivity contribution in [2.24, 2.45) is 0 Å². The van der Waals surface area contributed by atoms with Crippen molar-refractivity contribution in [3.8, 4) is 0 Å². The maximum Gasteiger partial charge on any atom is 0.0167 e. The Kier molecular flexibility index (Phi) is 4.19. The highest BCUT2D eigenvalue weighted by Crippen LogP contribution is 1.90. The van der Waals surface area contributed by atoms with Gasteiger partial charge in [0.05, 0.1) is 0 Å². The number of halogens is 1. The standard InChI is InChI=1S/C6H14N2.ClH/c1-5-3-7-4-6(2)8-5;/h5-8H,3-4H2,1-2H3;1H. The quantitative estimate of drug-likeness (QED) is 0.522. The molecular weight excluding hydrogens is 136 g/mol. The highest BCUT2D eigenvalue weighted by atomic mass is 35.5. The first-order valence-electron chi connectivity index (χ1n) is 3.26. The first-order chi connectivity index (χ1) is 3.79. The van der Waals surface area contributed by atoms with Gasteiger partial charge in [-0.3, -0.25) is 0 Å². The molecule has 9 heavy (non-hydrogen) atoms. The van der Waals surface area contributed by atoms with E-state index in [9.17, 15) is 0 Å². The van der Waals surface area contributed by atoms with Gasteiger partial charge in [-0.1, -0.05) is 0 Å². The summed E-state index contributed by atoms with van der Waals surface area (Å²) in [5, 5.41) is 6.74. The average Bonchev–Trinajstić information content (AvgIpc) is 1.64. The van der Waals surface area contributed by atoms with E-state index in [1.165, 1.54) is 0 Å². The Balaban J connectivity index is 0.000000640. The summed E-state index contributed by atoms with van der Waals surface area (Å²) in [6.45, 7) is 6.62. The maximum absolute atomic E-state index is 3.42. The van der Waals surface area contributed by atoms with Crippen LogP contribution in [0.25, 0.3) is 0 Å². The number of rotatable bonds is 0. The zero-order chi connectivity index (χ0) is 5.98. The van der Waals surface area contributed by atoms with Crippen LogP contribution < -0.4 is 10.6 Å². The Morgan fingerprint density at radius 3 is 1.78 bits per heavy atom. The number of hydrogen-bond donors (Lipinski definition) is 2. The third-order valence-electron chi connectivity index (χ3n) is 1.47. The first-order valence-corrected chi connectivity index (χ1v) is 3.26. The lowest BCUT2D eigenvalue weighted by atomic mass is 10.2. The van der Waals surface area contributed by atoms with Gasteiger partial charge < -0.3 is 10.6 Å². The Hall–Kier alpha value is 0.210. The zero-order valence-electron chi connectivity index (χ0n) is 5.98. The number of piperazine rings is 1. The van der Waals surface area contributed by atoms with E-state index in [0.29, 0.717) is 12.1 Å². The third kappa shape index (κ3) is 3.04. The molecule has 1 aliphatic rings. The molecule has 56 valence electrons. The van der Waals surface area contributed by atoms with Crippen molar-refractivity contribution < 1.29 is 0 Å². The van der Waals surface area contributed by atoms with Gasteiger partial charge in [0, 0.05) is 25.2 Å². The molecule has 0 amide bonds. The van der Waals surface area contributed by atoms with Crippen LogP contribution in [0.5, 0.6) is 0 Å². The third-order valence-corrected chi connectivity index (χ3v) is 1.47. The van der Waals surface area contributed by atoms with Gasteiger partial charge in [0.25, 0.3) is 0 Å². The van der Waals surface area contributed by atoms with Gasteiger partial charge in [-0.05, 0) is 13.8 Å². The molecule has 0 spiro atoms. The van der Waals surface area contributed by atoms with E-state index in [0.717, 1.165) is 13.1 Å². The molecule has 0 aliphatic carbocycles. The summed E-state index contributed by atoms with van der Waals surface area (Å²) in [5.41, 5.74) is 0. The van der Waals surface area contributed by atoms with Crippen LogP contribution in [0.2, 0.25) is 0 Å². The van der Waals surface area contributed by atoms with Crippen molar-refractivity contribution in [2.75, 3.05) is 13.1 Å². The van der Waals surface area contributed by atoms with Gasteiger partial charge in [0.1, 0.15) is 0 Å². The van der Waals surface area contributed by atoms with Crippen LogP contribution in [0.4, 0.5) is 0 Å². The van der Waals surface area contributed by atoms with Crippen molar-refractivity contribution in [1.82, 2.24) is 10.6 Å². The van der Waals surface area contributed by atoms with Gasteiger partial charge in [-0.2, -0.15) is 0 Å². The first kappa shape index (κ1) is 9.21. The number of hydrogen-bond acceptors (Lipinski definition) is 2. The fourth-order valence-corrected chi connectivity index (χ4v) is 1.12. The monoisotopic (exact) mass is 150 g/mol. The number of nitrogens with one attached hydrogen (secondary N) is 2. The van der Waals surface area contributed by atoms with Crippen LogP contribution in [0.3, 0.4) is 0 Å². The predicted molar refractivity (Wildman–Crippen MR) is 42.2 cm³/mol. The fraction of sp³-hybridized carbons (Fsp3) is 1.00. The smallest absolute Gasteiger partial charge is 0.0167 e. The molecular formula is C6H15ClN2. The highest BCUT2D eigenvalue weighted by molar-refractivity contribution is 5.85. The van der Waals surface area contributed by atoms with E-state index >= 15 is 0 Å². The zero-order valence-corrected chi connectivity index (χ0v) is 6.79. The van der Waals surface area contributed by atoms with E-state index in [-0.39, 0.29) is 12.4 Å². The van der Waals surface area contributed by atoms with E-state index < -0.39 is 0 Å². The van der Waals surface area contributed by atoms with E-state index in [2.05, 4.69) is 24.5 Å². The summed E-state index contributed by atoms with van der Waals surface area (Å²) in [6.07, 6.45) is 0. The molecule has 2 N–H and O–H groups in total. The van der Waals surface area contributed by atoms with Crippen molar-refractivity contribution >= 4 is 12.4 Å². The second-order valence-electron chi connectivity index (χ2n) is 2.63. The fourth-order valence-electron chi connectivity index (χ4n) is 1.12. The lowest BCUT2D eigenvalue weighted by molar-refractivity contribution is 0.370. The summed E-state index contributed by atoms with van der Waals surface area (Å²) < 4.78 is 0. The molecule has 0 radical (unpaired) electrons. The maximum atomic E-state index is 3.42. The lowest BCUT2D eigenvalue weighted by Gasteiger charge is -2.26. The largest absolute Gasteiger partial charge is 0.314 e. The summed E-state index contributed by atoms with van der Waals surface area (Å²) in [5.74, 6) is 0. The molecule has 0 saturated carbocycles. The van der Waals surface area contributed by atoms with E-state index in [1.54, 1.807) is 0 Å². The van der Waals surface area contributed by atoms with Crippen LogP contribution in [0, 0.1) is 0 Å². The minimum atomic E-state index is 0. The lowest BCUT2D eigenvalue weighted by Crippen LogP contribution is -2.52. The topological polar surface area (TPSA) is 24.1 Å². The van der Waals surface area contributed by atoms with Gasteiger partial charge >= 0.3 is 0 Å². The average molecular weight is 151 g/mol. The van der Waals surface area contributed by atoms with Crippen LogP contribution in [0.1, 0.15) is 13.8 Å². The summed E-state index contributed by atoms with van der Waals surface area (Å²) in [7, 11) is 0. The molecule has 3 heteroatoms. The molecule has 1 rings (SSSR count). The van der Waals surface area contributed by atoms with Crippen LogP contribution in [-0.2, 0) is 0 Å². The molecule has 1 fully saturated rings. The van der Waals surface area contributed by atoms with Crippen LogP contribution in [0.15, 0.2) is 0 Å². The summed E-state index contributed by atoms with van der Waals surface area (Å²) in [6, 6.07) is 1.30. The van der Waals surface area contributed by atoms with Gasteiger partial charge in [-0.15, -0.1) is 12.4 Å². The normalized spacial score (nSPS) is 35.3. The van der Waals surface area contributed by atoms with Crippen molar-refractivity contribution in [3.63, 3.8) is 0 Å². The summed E-state index contributed by atoms with van der Waals surface area (Å²) in [4.78, 5) is 0. The SMILES string of the molecule is CC1CNCC(C)N1.Cl. The van der Waals surface area contributed by atoms with E-state index in [4.69, 9.17) is 0 Å². The second kappa shape index (κ2) is 4.09. The molecule has 1 saturated heterocycles. The van der Waals surface area contributed by atoms with E-state index in [1.807, 2.05) is 0 Å².